The van der Waals surface area contributed by atoms with Gasteiger partial charge < -0.3 is 19.9 Å². The fourth-order valence-corrected chi connectivity index (χ4v) is 5.43. The summed E-state index contributed by atoms with van der Waals surface area (Å²) < 4.78 is 5.43. The molecular weight excluding hydrogens is 456 g/mol. The van der Waals surface area contributed by atoms with Crippen LogP contribution in [0.4, 0.5) is 11.5 Å². The zero-order valence-electron chi connectivity index (χ0n) is 20.3. The lowest BCUT2D eigenvalue weighted by atomic mass is 9.65. The maximum Gasteiger partial charge on any atom is 0.318 e. The summed E-state index contributed by atoms with van der Waals surface area (Å²) in [4.78, 5) is 38.7. The number of benzene rings is 1. The SMILES string of the molecule is CC#CC(=O)N1CCN(c2nc(OC)nc3c2NC(=O)C2(CCCc4ccccc42)C3)C=C1CC#N. The molecule has 1 unspecified atom stereocenters. The van der Waals surface area contributed by atoms with Crippen molar-refractivity contribution in [1.82, 2.24) is 14.9 Å². The van der Waals surface area contributed by atoms with Crippen molar-refractivity contribution in [2.45, 2.75) is 44.4 Å². The number of anilines is 2. The third kappa shape index (κ3) is 3.83. The van der Waals surface area contributed by atoms with Gasteiger partial charge in [-0.2, -0.15) is 15.2 Å². The van der Waals surface area contributed by atoms with E-state index < -0.39 is 5.41 Å². The van der Waals surface area contributed by atoms with Crippen LogP contribution < -0.4 is 15.0 Å². The van der Waals surface area contributed by atoms with Crippen LogP contribution in [0, 0.1) is 23.2 Å². The summed E-state index contributed by atoms with van der Waals surface area (Å²) in [6.45, 7) is 2.33. The number of rotatable bonds is 3. The molecule has 1 spiro atoms. The van der Waals surface area contributed by atoms with Gasteiger partial charge in [0.05, 0.1) is 36.4 Å². The van der Waals surface area contributed by atoms with Gasteiger partial charge in [0.15, 0.2) is 5.82 Å². The average Bonchev–Trinajstić information content (AvgIpc) is 2.89. The minimum atomic E-state index is -0.690. The highest BCUT2D eigenvalue weighted by atomic mass is 16.5. The molecule has 9 heteroatoms. The normalized spacial score (nSPS) is 20.2. The monoisotopic (exact) mass is 482 g/mol. The molecule has 182 valence electrons. The minimum Gasteiger partial charge on any atom is -0.467 e. The van der Waals surface area contributed by atoms with Gasteiger partial charge in [-0.25, -0.2) is 0 Å². The Morgan fingerprint density at radius 2 is 2.11 bits per heavy atom. The second kappa shape index (κ2) is 9.35. The second-order valence-electron chi connectivity index (χ2n) is 9.06. The second-order valence-corrected chi connectivity index (χ2v) is 9.06. The van der Waals surface area contributed by atoms with Crippen LogP contribution in [0.25, 0.3) is 0 Å². The Hall–Kier alpha value is -4.37. The average molecular weight is 483 g/mol. The van der Waals surface area contributed by atoms with Crippen LogP contribution in [0.1, 0.15) is 43.0 Å². The van der Waals surface area contributed by atoms with Gasteiger partial charge in [0.1, 0.15) is 5.69 Å². The molecular formula is C27H26N6O3. The van der Waals surface area contributed by atoms with E-state index in [4.69, 9.17) is 4.74 Å². The lowest BCUT2D eigenvalue weighted by Crippen LogP contribution is -2.48. The van der Waals surface area contributed by atoms with E-state index in [1.165, 1.54) is 17.6 Å². The van der Waals surface area contributed by atoms with E-state index >= 15 is 0 Å². The van der Waals surface area contributed by atoms with Crippen LogP contribution in [0.15, 0.2) is 36.2 Å². The number of ether oxygens (including phenoxy) is 1. The zero-order valence-corrected chi connectivity index (χ0v) is 20.3. The van der Waals surface area contributed by atoms with Gasteiger partial charge in [-0.15, -0.1) is 0 Å². The smallest absolute Gasteiger partial charge is 0.318 e. The van der Waals surface area contributed by atoms with E-state index in [2.05, 4.69) is 39.3 Å². The molecule has 0 saturated carbocycles. The van der Waals surface area contributed by atoms with Crippen LogP contribution in [0.5, 0.6) is 6.01 Å². The highest BCUT2D eigenvalue weighted by Gasteiger charge is 2.48. The van der Waals surface area contributed by atoms with Crippen LogP contribution in [-0.4, -0.2) is 46.9 Å². The van der Waals surface area contributed by atoms with Gasteiger partial charge in [0.25, 0.3) is 0 Å². The number of fused-ring (bicyclic) bond motifs is 3. The van der Waals surface area contributed by atoms with Gasteiger partial charge in [0, 0.05) is 25.7 Å². The quantitative estimate of drug-likeness (QED) is 0.670. The van der Waals surface area contributed by atoms with Crippen molar-refractivity contribution >= 4 is 23.3 Å². The first kappa shape index (κ1) is 23.4. The third-order valence-corrected chi connectivity index (χ3v) is 7.08. The molecule has 2 aliphatic heterocycles. The van der Waals surface area contributed by atoms with Crippen LogP contribution in [-0.2, 0) is 27.8 Å². The van der Waals surface area contributed by atoms with Gasteiger partial charge in [0.2, 0.25) is 5.91 Å². The lowest BCUT2D eigenvalue weighted by molar-refractivity contribution is -0.123. The summed E-state index contributed by atoms with van der Waals surface area (Å²) >= 11 is 0. The van der Waals surface area contributed by atoms with Crippen molar-refractivity contribution in [3.8, 4) is 23.9 Å². The summed E-state index contributed by atoms with van der Waals surface area (Å²) in [6.07, 6.45) is 4.81. The minimum absolute atomic E-state index is 0.0320. The number of nitrogens with zero attached hydrogens (tertiary/aromatic N) is 5. The van der Waals surface area contributed by atoms with Crippen molar-refractivity contribution in [2.24, 2.45) is 0 Å². The number of aryl methyl sites for hydroxylation is 1. The first-order chi connectivity index (χ1) is 17.5. The highest BCUT2D eigenvalue weighted by molar-refractivity contribution is 6.04. The maximum atomic E-state index is 13.7. The van der Waals surface area contributed by atoms with Gasteiger partial charge in [-0.1, -0.05) is 30.2 Å². The Morgan fingerprint density at radius 1 is 1.28 bits per heavy atom. The van der Waals surface area contributed by atoms with Gasteiger partial charge >= 0.3 is 11.9 Å². The molecule has 3 heterocycles. The predicted octanol–water partition coefficient (Wildman–Crippen LogP) is 2.68. The van der Waals surface area contributed by atoms with Crippen molar-refractivity contribution < 1.29 is 14.3 Å². The molecule has 2 amide bonds. The molecule has 0 radical (unpaired) electrons. The highest BCUT2D eigenvalue weighted by Crippen LogP contribution is 2.46. The fourth-order valence-electron chi connectivity index (χ4n) is 5.43. The Balaban J connectivity index is 1.58. The van der Waals surface area contributed by atoms with Crippen LogP contribution >= 0.6 is 0 Å². The van der Waals surface area contributed by atoms with E-state index in [0.29, 0.717) is 42.4 Å². The maximum absolute atomic E-state index is 13.7. The number of carbonyl (C=O) groups is 2. The molecule has 0 saturated heterocycles. The van der Waals surface area contributed by atoms with Crippen molar-refractivity contribution in [3.63, 3.8) is 0 Å². The molecule has 5 rings (SSSR count). The van der Waals surface area contributed by atoms with E-state index in [9.17, 15) is 14.9 Å². The van der Waals surface area contributed by atoms with Crippen molar-refractivity contribution in [1.29, 1.82) is 5.26 Å². The van der Waals surface area contributed by atoms with E-state index in [-0.39, 0.29) is 24.2 Å². The Labute approximate surface area is 209 Å². The number of hydrogen-bond donors (Lipinski definition) is 1. The molecule has 1 aromatic heterocycles. The van der Waals surface area contributed by atoms with Crippen molar-refractivity contribution in [2.75, 3.05) is 30.4 Å². The molecule has 3 aliphatic rings. The number of nitriles is 1. The number of amides is 2. The number of methoxy groups -OCH3 is 1. The van der Waals surface area contributed by atoms with E-state index in [1.807, 2.05) is 23.1 Å². The Kier molecular flexibility index (Phi) is 6.07. The molecule has 1 N–H and O–H groups in total. The molecule has 1 atom stereocenters. The molecule has 1 aliphatic carbocycles. The number of nitrogens with one attached hydrogen (secondary N) is 1. The summed E-state index contributed by atoms with van der Waals surface area (Å²) in [6, 6.07) is 10.4. The molecule has 9 nitrogen and oxygen atoms in total. The summed E-state index contributed by atoms with van der Waals surface area (Å²) in [5.41, 5.74) is 3.32. The first-order valence-electron chi connectivity index (χ1n) is 11.9. The van der Waals surface area contributed by atoms with Crippen LogP contribution in [0.3, 0.4) is 0 Å². The van der Waals surface area contributed by atoms with Crippen LogP contribution in [0.2, 0.25) is 0 Å². The molecule has 2 aromatic rings. The molecule has 0 fully saturated rings. The molecule has 0 bridgehead atoms. The predicted molar refractivity (Wildman–Crippen MR) is 133 cm³/mol. The Morgan fingerprint density at radius 3 is 2.89 bits per heavy atom. The Bertz CT molecular complexity index is 1380. The number of allylic oxidation sites excluding steroid dienone is 1. The van der Waals surface area contributed by atoms with E-state index in [1.54, 1.807) is 13.1 Å². The molecule has 36 heavy (non-hydrogen) atoms. The van der Waals surface area contributed by atoms with Gasteiger partial charge in [-0.05, 0) is 43.2 Å². The first-order valence-corrected chi connectivity index (χ1v) is 11.9. The summed E-state index contributed by atoms with van der Waals surface area (Å²) in [5.74, 6) is 5.22. The summed E-state index contributed by atoms with van der Waals surface area (Å²) in [5, 5.41) is 12.5. The number of aromatic nitrogens is 2. The molecule has 1 aromatic carbocycles. The zero-order chi connectivity index (χ0) is 25.3. The third-order valence-electron chi connectivity index (χ3n) is 7.08. The largest absolute Gasteiger partial charge is 0.467 e. The standard InChI is InChI=1S/C27H26N6O3/c1-3-7-22(34)33-15-14-32(17-19(33)11-13-28)24-23-21(29-26(31-24)36-2)16-27(25(35)30-23)12-6-9-18-8-4-5-10-20(18)27/h4-5,8,10,17H,6,9,11-12,14-16H2,1-2H3,(H,30,35). The fraction of sp³-hybridized carbons (Fsp3) is 0.370. The lowest BCUT2D eigenvalue weighted by Gasteiger charge is -2.42. The number of carbonyl (C=O) groups excluding carboxylic acids is 2. The van der Waals surface area contributed by atoms with Crippen molar-refractivity contribution in [3.05, 3.63) is 53.0 Å². The van der Waals surface area contributed by atoms with Gasteiger partial charge in [-0.3, -0.25) is 9.59 Å². The number of hydrogen-bond acceptors (Lipinski definition) is 7. The van der Waals surface area contributed by atoms with E-state index in [0.717, 1.165) is 24.8 Å². The topological polar surface area (TPSA) is 111 Å². The summed E-state index contributed by atoms with van der Waals surface area (Å²) in [7, 11) is 1.51.